The number of carbonyl (C=O) groups excluding carboxylic acids is 1. The van der Waals surface area contributed by atoms with Gasteiger partial charge in [-0.1, -0.05) is 12.1 Å². The number of hydrogen-bond donors (Lipinski definition) is 1. The molecule has 3 nitrogen and oxygen atoms in total. The Morgan fingerprint density at radius 1 is 1.31 bits per heavy atom. The molecule has 1 heterocycles. The normalized spacial score (nSPS) is 18.3. The van der Waals surface area contributed by atoms with Crippen LogP contribution < -0.4 is 10.1 Å². The smallest absolute Gasteiger partial charge is 0.247 e. The maximum absolute atomic E-state index is 11.5. The Hall–Kier alpha value is -1.77. The quantitative estimate of drug-likeness (QED) is 0.769. The number of rotatable bonds is 2. The predicted octanol–water partition coefficient (Wildman–Crippen LogP) is 1.99. The van der Waals surface area contributed by atoms with Gasteiger partial charge in [0.2, 0.25) is 5.91 Å². The van der Waals surface area contributed by atoms with E-state index < -0.39 is 0 Å². The van der Waals surface area contributed by atoms with Crippen molar-refractivity contribution in [1.29, 1.82) is 0 Å². The topological polar surface area (TPSA) is 38.3 Å². The van der Waals surface area contributed by atoms with Crippen molar-refractivity contribution >= 4 is 12.0 Å². The Kier molecular flexibility index (Phi) is 3.25. The molecular formula is C13H15NO2. The van der Waals surface area contributed by atoms with Gasteiger partial charge in [-0.25, -0.2) is 0 Å². The predicted molar refractivity (Wildman–Crippen MR) is 63.2 cm³/mol. The first-order valence-electron chi connectivity index (χ1n) is 5.42. The third-order valence-corrected chi connectivity index (χ3v) is 2.66. The van der Waals surface area contributed by atoms with Crippen molar-refractivity contribution in [2.24, 2.45) is 0 Å². The minimum atomic E-state index is 0.0575. The fourth-order valence-electron chi connectivity index (χ4n) is 1.75. The molecule has 1 aliphatic rings. The summed E-state index contributed by atoms with van der Waals surface area (Å²) in [5, 5.41) is 2.84. The van der Waals surface area contributed by atoms with E-state index in [1.54, 1.807) is 7.11 Å². The lowest BCUT2D eigenvalue weighted by Crippen LogP contribution is -2.30. The largest absolute Gasteiger partial charge is 0.497 e. The van der Waals surface area contributed by atoms with Crippen LogP contribution in [0.25, 0.3) is 6.08 Å². The van der Waals surface area contributed by atoms with Crippen LogP contribution in [0, 0.1) is 0 Å². The van der Waals surface area contributed by atoms with E-state index >= 15 is 0 Å². The van der Waals surface area contributed by atoms with E-state index in [9.17, 15) is 4.79 Å². The second kappa shape index (κ2) is 4.84. The summed E-state index contributed by atoms with van der Waals surface area (Å²) in [6, 6.07) is 7.70. The van der Waals surface area contributed by atoms with Crippen LogP contribution >= 0.6 is 0 Å². The van der Waals surface area contributed by atoms with E-state index in [4.69, 9.17) is 4.74 Å². The van der Waals surface area contributed by atoms with Crippen LogP contribution in [-0.2, 0) is 4.79 Å². The van der Waals surface area contributed by atoms with Crippen molar-refractivity contribution in [2.45, 2.75) is 12.8 Å². The number of piperidine rings is 1. The van der Waals surface area contributed by atoms with Crippen molar-refractivity contribution in [1.82, 2.24) is 5.32 Å². The minimum Gasteiger partial charge on any atom is -0.497 e. The molecule has 0 saturated carbocycles. The highest BCUT2D eigenvalue weighted by Gasteiger charge is 2.13. The average Bonchev–Trinajstić information content (AvgIpc) is 2.33. The highest BCUT2D eigenvalue weighted by Crippen LogP contribution is 2.17. The fraction of sp³-hybridized carbons (Fsp3) is 0.308. The van der Waals surface area contributed by atoms with Gasteiger partial charge in [0.15, 0.2) is 0 Å². The number of methoxy groups -OCH3 is 1. The molecule has 0 unspecified atom stereocenters. The molecule has 0 radical (unpaired) electrons. The summed E-state index contributed by atoms with van der Waals surface area (Å²) >= 11 is 0. The van der Waals surface area contributed by atoms with Crippen LogP contribution in [0.5, 0.6) is 5.75 Å². The first-order valence-corrected chi connectivity index (χ1v) is 5.42. The number of amides is 1. The van der Waals surface area contributed by atoms with Gasteiger partial charge in [0.05, 0.1) is 7.11 Å². The monoisotopic (exact) mass is 217 g/mol. The summed E-state index contributed by atoms with van der Waals surface area (Å²) in [6.45, 7) is 0.790. The Labute approximate surface area is 95.1 Å². The van der Waals surface area contributed by atoms with Crippen molar-refractivity contribution in [3.05, 3.63) is 35.4 Å². The van der Waals surface area contributed by atoms with E-state index in [-0.39, 0.29) is 5.91 Å². The third-order valence-electron chi connectivity index (χ3n) is 2.66. The third kappa shape index (κ3) is 2.42. The lowest BCUT2D eigenvalue weighted by molar-refractivity contribution is -0.118. The molecular weight excluding hydrogens is 202 g/mol. The molecule has 0 spiro atoms. The molecule has 1 aromatic carbocycles. The van der Waals surface area contributed by atoms with Gasteiger partial charge in [-0.05, 0) is 36.6 Å². The van der Waals surface area contributed by atoms with Gasteiger partial charge in [0.1, 0.15) is 5.75 Å². The number of benzene rings is 1. The van der Waals surface area contributed by atoms with Crippen LogP contribution in [0.15, 0.2) is 29.8 Å². The Morgan fingerprint density at radius 2 is 2.06 bits per heavy atom. The molecule has 16 heavy (non-hydrogen) atoms. The summed E-state index contributed by atoms with van der Waals surface area (Å²) in [6.07, 6.45) is 3.82. The lowest BCUT2D eigenvalue weighted by atomic mass is 10.0. The van der Waals surface area contributed by atoms with E-state index in [1.165, 1.54) is 0 Å². The summed E-state index contributed by atoms with van der Waals surface area (Å²) in [5.74, 6) is 0.886. The van der Waals surface area contributed by atoms with Crippen LogP contribution in [-0.4, -0.2) is 19.6 Å². The van der Waals surface area contributed by atoms with Crippen LogP contribution in [0.3, 0.4) is 0 Å². The average molecular weight is 217 g/mol. The second-order valence-electron chi connectivity index (χ2n) is 3.80. The number of ether oxygens (including phenoxy) is 1. The van der Waals surface area contributed by atoms with Gasteiger partial charge < -0.3 is 10.1 Å². The van der Waals surface area contributed by atoms with Crippen molar-refractivity contribution in [2.75, 3.05) is 13.7 Å². The molecule has 0 aliphatic carbocycles. The summed E-state index contributed by atoms with van der Waals surface area (Å²) < 4.78 is 5.08. The zero-order valence-corrected chi connectivity index (χ0v) is 9.32. The molecule has 84 valence electrons. The van der Waals surface area contributed by atoms with Gasteiger partial charge in [-0.2, -0.15) is 0 Å². The molecule has 1 amide bonds. The summed E-state index contributed by atoms with van der Waals surface area (Å²) in [4.78, 5) is 11.5. The van der Waals surface area contributed by atoms with Crippen molar-refractivity contribution in [3.63, 3.8) is 0 Å². The first-order chi connectivity index (χ1) is 7.79. The SMILES string of the molecule is COc1ccc(/C=C2\CCCNC2=O)cc1. The number of nitrogens with one attached hydrogen (secondary N) is 1. The zero-order valence-electron chi connectivity index (χ0n) is 9.32. The Balaban J connectivity index is 2.17. The molecule has 0 aromatic heterocycles. The Morgan fingerprint density at radius 3 is 2.69 bits per heavy atom. The summed E-state index contributed by atoms with van der Waals surface area (Å²) in [7, 11) is 1.64. The molecule has 1 aromatic rings. The van der Waals surface area contributed by atoms with E-state index in [0.29, 0.717) is 0 Å². The van der Waals surface area contributed by atoms with Gasteiger partial charge >= 0.3 is 0 Å². The molecule has 0 atom stereocenters. The van der Waals surface area contributed by atoms with Crippen LogP contribution in [0.1, 0.15) is 18.4 Å². The highest BCUT2D eigenvalue weighted by atomic mass is 16.5. The molecule has 1 saturated heterocycles. The van der Waals surface area contributed by atoms with E-state index in [2.05, 4.69) is 5.32 Å². The minimum absolute atomic E-state index is 0.0575. The number of carbonyl (C=O) groups is 1. The molecule has 2 rings (SSSR count). The maximum Gasteiger partial charge on any atom is 0.247 e. The van der Waals surface area contributed by atoms with Crippen molar-refractivity contribution < 1.29 is 9.53 Å². The van der Waals surface area contributed by atoms with E-state index in [0.717, 1.165) is 36.3 Å². The molecule has 0 bridgehead atoms. The van der Waals surface area contributed by atoms with Gasteiger partial charge in [-0.3, -0.25) is 4.79 Å². The van der Waals surface area contributed by atoms with Crippen LogP contribution in [0.4, 0.5) is 0 Å². The molecule has 1 N–H and O–H groups in total. The highest BCUT2D eigenvalue weighted by molar-refractivity contribution is 5.98. The van der Waals surface area contributed by atoms with Gasteiger partial charge in [0, 0.05) is 12.1 Å². The summed E-state index contributed by atoms with van der Waals surface area (Å²) in [5.41, 5.74) is 1.89. The standard InChI is InChI=1S/C13H15NO2/c1-16-12-6-4-10(5-7-12)9-11-3-2-8-14-13(11)15/h4-7,9H,2-3,8H2,1H3,(H,14,15)/b11-9+. The van der Waals surface area contributed by atoms with Crippen LogP contribution in [0.2, 0.25) is 0 Å². The first kappa shape index (κ1) is 10.7. The maximum atomic E-state index is 11.5. The number of hydrogen-bond acceptors (Lipinski definition) is 2. The molecule has 1 aliphatic heterocycles. The Bertz CT molecular complexity index is 406. The second-order valence-corrected chi connectivity index (χ2v) is 3.80. The lowest BCUT2D eigenvalue weighted by Gasteiger charge is -2.14. The fourth-order valence-corrected chi connectivity index (χ4v) is 1.75. The molecule has 3 heteroatoms. The van der Waals surface area contributed by atoms with Gasteiger partial charge in [-0.15, -0.1) is 0 Å². The van der Waals surface area contributed by atoms with Crippen molar-refractivity contribution in [3.8, 4) is 5.75 Å². The van der Waals surface area contributed by atoms with Gasteiger partial charge in [0.25, 0.3) is 0 Å². The zero-order chi connectivity index (χ0) is 11.4. The van der Waals surface area contributed by atoms with E-state index in [1.807, 2.05) is 30.3 Å². The molecule has 1 fully saturated rings.